The zero-order chi connectivity index (χ0) is 12.2. The second-order valence-electron chi connectivity index (χ2n) is 5.53. The lowest BCUT2D eigenvalue weighted by molar-refractivity contribution is 0.0349. The predicted molar refractivity (Wildman–Crippen MR) is 73.7 cm³/mol. The van der Waals surface area contributed by atoms with Gasteiger partial charge in [-0.3, -0.25) is 0 Å². The van der Waals surface area contributed by atoms with Crippen LogP contribution in [0, 0.1) is 0 Å². The molecule has 3 rings (SSSR count). The SMILES string of the molecule is c1ccc2c(c1)CCOC2CCCCNC1CC1. The molecular formula is C16H23NO. The van der Waals surface area contributed by atoms with E-state index in [0.717, 1.165) is 19.1 Å². The van der Waals surface area contributed by atoms with E-state index in [1.54, 1.807) is 0 Å². The van der Waals surface area contributed by atoms with Crippen molar-refractivity contribution in [2.24, 2.45) is 0 Å². The van der Waals surface area contributed by atoms with Gasteiger partial charge in [0.2, 0.25) is 0 Å². The van der Waals surface area contributed by atoms with E-state index in [-0.39, 0.29) is 0 Å². The highest BCUT2D eigenvalue weighted by molar-refractivity contribution is 5.30. The molecule has 2 aliphatic rings. The van der Waals surface area contributed by atoms with Crippen LogP contribution in [-0.4, -0.2) is 19.2 Å². The Kier molecular flexibility index (Phi) is 3.96. The molecule has 1 unspecified atom stereocenters. The molecule has 98 valence electrons. The largest absolute Gasteiger partial charge is 0.373 e. The van der Waals surface area contributed by atoms with Crippen LogP contribution < -0.4 is 5.32 Å². The van der Waals surface area contributed by atoms with Crippen molar-refractivity contribution in [1.82, 2.24) is 5.32 Å². The summed E-state index contributed by atoms with van der Waals surface area (Å²) in [6.45, 7) is 2.07. The van der Waals surface area contributed by atoms with Crippen LogP contribution >= 0.6 is 0 Å². The van der Waals surface area contributed by atoms with Crippen molar-refractivity contribution in [2.75, 3.05) is 13.2 Å². The third-order valence-electron chi connectivity index (χ3n) is 4.00. The molecule has 1 fully saturated rings. The molecule has 1 aromatic carbocycles. The van der Waals surface area contributed by atoms with Gasteiger partial charge in [-0.1, -0.05) is 24.3 Å². The lowest BCUT2D eigenvalue weighted by atomic mass is 9.94. The first-order valence-electron chi connectivity index (χ1n) is 7.36. The van der Waals surface area contributed by atoms with Crippen LogP contribution in [0.1, 0.15) is 49.3 Å². The lowest BCUT2D eigenvalue weighted by Crippen LogP contribution is -2.19. The molecule has 2 nitrogen and oxygen atoms in total. The molecule has 18 heavy (non-hydrogen) atoms. The van der Waals surface area contributed by atoms with Crippen LogP contribution in [0.2, 0.25) is 0 Å². The average molecular weight is 245 g/mol. The molecule has 1 aliphatic carbocycles. The summed E-state index contributed by atoms with van der Waals surface area (Å²) in [4.78, 5) is 0. The van der Waals surface area contributed by atoms with Gasteiger partial charge >= 0.3 is 0 Å². The number of fused-ring (bicyclic) bond motifs is 1. The molecule has 1 heterocycles. The maximum Gasteiger partial charge on any atom is 0.0827 e. The topological polar surface area (TPSA) is 21.3 Å². The Bertz CT molecular complexity index is 386. The van der Waals surface area contributed by atoms with Crippen molar-refractivity contribution in [2.45, 2.75) is 50.7 Å². The van der Waals surface area contributed by atoms with Gasteiger partial charge in [-0.05, 0) is 56.2 Å². The Balaban J connectivity index is 1.44. The quantitative estimate of drug-likeness (QED) is 0.777. The first-order valence-corrected chi connectivity index (χ1v) is 7.36. The molecule has 1 atom stereocenters. The molecule has 1 saturated carbocycles. The van der Waals surface area contributed by atoms with Crippen molar-refractivity contribution >= 4 is 0 Å². The fraction of sp³-hybridized carbons (Fsp3) is 0.625. The van der Waals surface area contributed by atoms with Crippen molar-refractivity contribution in [3.8, 4) is 0 Å². The molecule has 0 spiro atoms. The normalized spacial score (nSPS) is 22.8. The maximum atomic E-state index is 5.92. The Morgan fingerprint density at radius 2 is 2.06 bits per heavy atom. The minimum absolute atomic E-state index is 0.343. The molecule has 0 saturated heterocycles. The Labute approximate surface area is 110 Å². The third kappa shape index (κ3) is 3.12. The second-order valence-corrected chi connectivity index (χ2v) is 5.53. The van der Waals surface area contributed by atoms with E-state index in [0.29, 0.717) is 6.10 Å². The molecule has 0 aromatic heterocycles. The number of rotatable bonds is 6. The van der Waals surface area contributed by atoms with Crippen LogP contribution in [0.4, 0.5) is 0 Å². The summed E-state index contributed by atoms with van der Waals surface area (Å²) < 4.78 is 5.92. The van der Waals surface area contributed by atoms with Crippen LogP contribution in [0.3, 0.4) is 0 Å². The van der Waals surface area contributed by atoms with E-state index >= 15 is 0 Å². The number of hydrogen-bond donors (Lipinski definition) is 1. The Morgan fingerprint density at radius 3 is 2.94 bits per heavy atom. The van der Waals surface area contributed by atoms with Gasteiger partial charge in [-0.15, -0.1) is 0 Å². The number of benzene rings is 1. The van der Waals surface area contributed by atoms with Gasteiger partial charge in [0.15, 0.2) is 0 Å². The number of hydrogen-bond acceptors (Lipinski definition) is 2. The van der Waals surface area contributed by atoms with Gasteiger partial charge in [-0.2, -0.15) is 0 Å². The second kappa shape index (κ2) is 5.85. The molecule has 1 aromatic rings. The van der Waals surface area contributed by atoms with E-state index < -0.39 is 0 Å². The smallest absolute Gasteiger partial charge is 0.0827 e. The lowest BCUT2D eigenvalue weighted by Gasteiger charge is -2.26. The summed E-state index contributed by atoms with van der Waals surface area (Å²) >= 11 is 0. The summed E-state index contributed by atoms with van der Waals surface area (Å²) in [5.74, 6) is 0. The summed E-state index contributed by atoms with van der Waals surface area (Å²) in [5, 5.41) is 3.57. The van der Waals surface area contributed by atoms with Gasteiger partial charge in [0.1, 0.15) is 0 Å². The minimum Gasteiger partial charge on any atom is -0.373 e. The monoisotopic (exact) mass is 245 g/mol. The van der Waals surface area contributed by atoms with Gasteiger partial charge in [0, 0.05) is 6.04 Å². The molecule has 1 aliphatic heterocycles. The van der Waals surface area contributed by atoms with Gasteiger partial charge in [0.25, 0.3) is 0 Å². The highest BCUT2D eigenvalue weighted by Crippen LogP contribution is 2.30. The first kappa shape index (κ1) is 12.2. The fourth-order valence-corrected chi connectivity index (χ4v) is 2.76. The highest BCUT2D eigenvalue weighted by atomic mass is 16.5. The van der Waals surface area contributed by atoms with Crippen LogP contribution in [0.25, 0.3) is 0 Å². The standard InChI is InChI=1S/C16H23NO/c1-2-6-15-13(5-1)10-12-18-16(15)7-3-4-11-17-14-8-9-14/h1-2,5-6,14,16-17H,3-4,7-12H2. The van der Waals surface area contributed by atoms with Crippen LogP contribution in [-0.2, 0) is 11.2 Å². The summed E-state index contributed by atoms with van der Waals surface area (Å²) in [6, 6.07) is 9.61. The number of ether oxygens (including phenoxy) is 1. The van der Waals surface area contributed by atoms with Crippen molar-refractivity contribution in [3.05, 3.63) is 35.4 Å². The highest BCUT2D eigenvalue weighted by Gasteiger charge is 2.21. The molecule has 0 bridgehead atoms. The Morgan fingerprint density at radius 1 is 1.17 bits per heavy atom. The van der Waals surface area contributed by atoms with E-state index in [4.69, 9.17) is 4.74 Å². The third-order valence-corrected chi connectivity index (χ3v) is 4.00. The van der Waals surface area contributed by atoms with E-state index in [1.807, 2.05) is 0 Å². The number of unbranched alkanes of at least 4 members (excludes halogenated alkanes) is 1. The van der Waals surface area contributed by atoms with Gasteiger partial charge in [-0.25, -0.2) is 0 Å². The first-order chi connectivity index (χ1) is 8.93. The van der Waals surface area contributed by atoms with Gasteiger partial charge in [0.05, 0.1) is 12.7 Å². The summed E-state index contributed by atoms with van der Waals surface area (Å²) in [6.07, 6.45) is 7.91. The summed E-state index contributed by atoms with van der Waals surface area (Å²) in [5.41, 5.74) is 2.92. The van der Waals surface area contributed by atoms with Crippen LogP contribution in [0.5, 0.6) is 0 Å². The van der Waals surface area contributed by atoms with Crippen LogP contribution in [0.15, 0.2) is 24.3 Å². The average Bonchev–Trinajstić information content (AvgIpc) is 3.23. The summed E-state index contributed by atoms with van der Waals surface area (Å²) in [7, 11) is 0. The zero-order valence-corrected chi connectivity index (χ0v) is 11.0. The molecule has 0 radical (unpaired) electrons. The molecule has 0 amide bonds. The minimum atomic E-state index is 0.343. The fourth-order valence-electron chi connectivity index (χ4n) is 2.76. The molecule has 1 N–H and O–H groups in total. The van der Waals surface area contributed by atoms with E-state index in [9.17, 15) is 0 Å². The Hall–Kier alpha value is -0.860. The van der Waals surface area contributed by atoms with E-state index in [1.165, 1.54) is 49.8 Å². The van der Waals surface area contributed by atoms with E-state index in [2.05, 4.69) is 29.6 Å². The predicted octanol–water partition coefficient (Wildman–Crippen LogP) is 3.22. The number of nitrogens with one attached hydrogen (secondary N) is 1. The van der Waals surface area contributed by atoms with Crippen molar-refractivity contribution in [1.29, 1.82) is 0 Å². The molecule has 2 heteroatoms. The molecular weight excluding hydrogens is 222 g/mol. The zero-order valence-electron chi connectivity index (χ0n) is 11.0. The van der Waals surface area contributed by atoms with Crippen molar-refractivity contribution < 1.29 is 4.74 Å². The van der Waals surface area contributed by atoms with Crippen molar-refractivity contribution in [3.63, 3.8) is 0 Å². The maximum absolute atomic E-state index is 5.92. The van der Waals surface area contributed by atoms with Gasteiger partial charge < -0.3 is 10.1 Å².